The average molecular weight is 241 g/mol. The molecule has 2 aromatic rings. The molecular weight excluding hydrogens is 232 g/mol. The lowest BCUT2D eigenvalue weighted by molar-refractivity contribution is 0.398. The fourth-order valence-corrected chi connectivity index (χ4v) is 1.90. The van der Waals surface area contributed by atoms with Gasteiger partial charge in [0.1, 0.15) is 0 Å². The molecule has 0 fully saturated rings. The van der Waals surface area contributed by atoms with Crippen molar-refractivity contribution in [2.75, 3.05) is 13.4 Å². The van der Waals surface area contributed by atoms with Crippen LogP contribution in [-0.2, 0) is 0 Å². The van der Waals surface area contributed by atoms with E-state index in [1.807, 2.05) is 24.5 Å². The Labute approximate surface area is 96.8 Å². The van der Waals surface area contributed by atoms with E-state index in [1.54, 1.807) is 11.8 Å². The molecule has 0 aliphatic rings. The van der Waals surface area contributed by atoms with Gasteiger partial charge in [-0.05, 0) is 24.5 Å². The monoisotopic (exact) mass is 240 g/mol. The molecule has 0 bridgehead atoms. The van der Waals surface area contributed by atoms with Gasteiger partial charge in [0.25, 0.3) is 5.88 Å². The van der Waals surface area contributed by atoms with Crippen LogP contribution in [0.1, 0.15) is 0 Å². The van der Waals surface area contributed by atoms with Crippen LogP contribution in [0.5, 0.6) is 5.88 Å². The second-order valence-corrected chi connectivity index (χ2v) is 4.12. The largest absolute Gasteiger partial charge is 0.479 e. The molecule has 1 heterocycles. The molecule has 0 atom stereocenters. The summed E-state index contributed by atoms with van der Waals surface area (Å²) in [5.74, 6) is 0.363. The van der Waals surface area contributed by atoms with Crippen molar-refractivity contribution in [2.45, 2.75) is 4.90 Å². The number of hydrogen-bond donors (Lipinski definition) is 0. The van der Waals surface area contributed by atoms with Crippen molar-refractivity contribution in [3.05, 3.63) is 23.4 Å². The van der Waals surface area contributed by atoms with Gasteiger partial charge in [0.2, 0.25) is 0 Å². The maximum atomic E-state index is 5.87. The smallest absolute Gasteiger partial charge is 0.252 e. The minimum Gasteiger partial charge on any atom is -0.479 e. The number of ether oxygens (including phenoxy) is 1. The van der Waals surface area contributed by atoms with E-state index < -0.39 is 0 Å². The second kappa shape index (κ2) is 4.24. The predicted octanol–water partition coefficient (Wildman–Crippen LogP) is 3.01. The molecule has 15 heavy (non-hydrogen) atoms. The summed E-state index contributed by atoms with van der Waals surface area (Å²) >= 11 is 7.53. The maximum absolute atomic E-state index is 5.87. The molecule has 0 N–H and O–H groups in total. The fourth-order valence-electron chi connectivity index (χ4n) is 1.25. The Bertz CT molecular complexity index is 504. The molecule has 0 aliphatic heterocycles. The zero-order valence-electron chi connectivity index (χ0n) is 8.32. The van der Waals surface area contributed by atoms with Crippen molar-refractivity contribution in [2.24, 2.45) is 0 Å². The number of fused-ring (bicyclic) bond motifs is 1. The van der Waals surface area contributed by atoms with Crippen LogP contribution < -0.4 is 4.74 Å². The Morgan fingerprint density at radius 1 is 1.27 bits per heavy atom. The van der Waals surface area contributed by atoms with Gasteiger partial charge in [-0.15, -0.1) is 11.8 Å². The summed E-state index contributed by atoms with van der Waals surface area (Å²) in [6.07, 6.45) is 2.02. The quantitative estimate of drug-likeness (QED) is 0.756. The third-order valence-electron chi connectivity index (χ3n) is 1.99. The van der Waals surface area contributed by atoms with Crippen LogP contribution in [0.2, 0.25) is 5.15 Å². The molecule has 5 heteroatoms. The summed E-state index contributed by atoms with van der Waals surface area (Å²) in [6, 6.07) is 5.86. The third-order valence-corrected chi connectivity index (χ3v) is 2.96. The molecule has 1 aromatic carbocycles. The third kappa shape index (κ3) is 2.01. The first kappa shape index (κ1) is 10.5. The first-order valence-electron chi connectivity index (χ1n) is 4.30. The fraction of sp³-hybridized carbons (Fsp3) is 0.200. The summed E-state index contributed by atoms with van der Waals surface area (Å²) < 4.78 is 5.01. The summed E-state index contributed by atoms with van der Waals surface area (Å²) in [5, 5.41) is 0.293. The predicted molar refractivity (Wildman–Crippen MR) is 62.9 cm³/mol. The summed E-state index contributed by atoms with van der Waals surface area (Å²) in [4.78, 5) is 9.60. The highest BCUT2D eigenvalue weighted by molar-refractivity contribution is 7.98. The zero-order chi connectivity index (χ0) is 10.8. The van der Waals surface area contributed by atoms with Gasteiger partial charge in [-0.25, -0.2) is 9.97 Å². The van der Waals surface area contributed by atoms with Crippen LogP contribution in [0, 0.1) is 0 Å². The molecule has 0 amide bonds. The molecule has 2 rings (SSSR count). The highest BCUT2D eigenvalue weighted by atomic mass is 35.5. The van der Waals surface area contributed by atoms with Gasteiger partial charge in [-0.2, -0.15) is 0 Å². The SMILES string of the molecule is COc1nc2cc(SC)ccc2nc1Cl. The first-order chi connectivity index (χ1) is 7.24. The van der Waals surface area contributed by atoms with Gasteiger partial charge in [0, 0.05) is 4.90 Å². The lowest BCUT2D eigenvalue weighted by Gasteiger charge is -2.04. The number of aromatic nitrogens is 2. The topological polar surface area (TPSA) is 35.0 Å². The molecule has 0 spiro atoms. The van der Waals surface area contributed by atoms with Crippen LogP contribution in [0.3, 0.4) is 0 Å². The first-order valence-corrected chi connectivity index (χ1v) is 5.90. The highest BCUT2D eigenvalue weighted by Crippen LogP contribution is 2.25. The van der Waals surface area contributed by atoms with Crippen LogP contribution in [0.4, 0.5) is 0 Å². The van der Waals surface area contributed by atoms with Gasteiger partial charge < -0.3 is 4.74 Å². The Balaban J connectivity index is 2.66. The van der Waals surface area contributed by atoms with Gasteiger partial charge >= 0.3 is 0 Å². The van der Waals surface area contributed by atoms with Gasteiger partial charge in [-0.3, -0.25) is 0 Å². The molecule has 0 saturated heterocycles. The minimum absolute atomic E-state index is 0.293. The van der Waals surface area contributed by atoms with E-state index in [9.17, 15) is 0 Å². The van der Waals surface area contributed by atoms with E-state index in [0.29, 0.717) is 11.0 Å². The minimum atomic E-state index is 0.293. The molecule has 0 unspecified atom stereocenters. The number of methoxy groups -OCH3 is 1. The molecule has 0 radical (unpaired) electrons. The summed E-state index contributed by atoms with van der Waals surface area (Å²) in [5.41, 5.74) is 1.57. The number of thioether (sulfide) groups is 1. The standard InChI is InChI=1S/C10H9ClN2OS/c1-14-10-9(11)12-7-4-3-6(15-2)5-8(7)13-10/h3-5H,1-2H3. The number of benzene rings is 1. The maximum Gasteiger partial charge on any atom is 0.252 e. The highest BCUT2D eigenvalue weighted by Gasteiger charge is 2.06. The van der Waals surface area contributed by atoms with E-state index in [1.165, 1.54) is 7.11 Å². The normalized spacial score (nSPS) is 10.6. The van der Waals surface area contributed by atoms with Crippen molar-refractivity contribution in [3.8, 4) is 5.88 Å². The Hall–Kier alpha value is -1.00. The van der Waals surface area contributed by atoms with E-state index >= 15 is 0 Å². The molecule has 0 saturated carbocycles. The number of rotatable bonds is 2. The van der Waals surface area contributed by atoms with Crippen molar-refractivity contribution >= 4 is 34.4 Å². The van der Waals surface area contributed by atoms with E-state index in [-0.39, 0.29) is 0 Å². The van der Waals surface area contributed by atoms with Gasteiger partial charge in [0.15, 0.2) is 5.15 Å². The Morgan fingerprint density at radius 2 is 2.07 bits per heavy atom. The van der Waals surface area contributed by atoms with E-state index in [2.05, 4.69) is 9.97 Å². The van der Waals surface area contributed by atoms with Crippen LogP contribution in [0.25, 0.3) is 11.0 Å². The number of hydrogen-bond acceptors (Lipinski definition) is 4. The van der Waals surface area contributed by atoms with E-state index in [4.69, 9.17) is 16.3 Å². The van der Waals surface area contributed by atoms with Crippen molar-refractivity contribution in [1.82, 2.24) is 9.97 Å². The Morgan fingerprint density at radius 3 is 2.73 bits per heavy atom. The van der Waals surface area contributed by atoms with Crippen LogP contribution in [0.15, 0.2) is 23.1 Å². The number of halogens is 1. The van der Waals surface area contributed by atoms with Crippen molar-refractivity contribution in [1.29, 1.82) is 0 Å². The molecule has 78 valence electrons. The summed E-state index contributed by atoms with van der Waals surface area (Å²) in [7, 11) is 1.53. The molecule has 1 aromatic heterocycles. The second-order valence-electron chi connectivity index (χ2n) is 2.88. The Kier molecular flexibility index (Phi) is 2.98. The molecular formula is C10H9ClN2OS. The lowest BCUT2D eigenvalue weighted by atomic mass is 10.3. The van der Waals surface area contributed by atoms with Crippen molar-refractivity contribution in [3.63, 3.8) is 0 Å². The number of nitrogens with zero attached hydrogens (tertiary/aromatic N) is 2. The van der Waals surface area contributed by atoms with Crippen molar-refractivity contribution < 1.29 is 4.74 Å². The summed E-state index contributed by atoms with van der Waals surface area (Å²) in [6.45, 7) is 0. The van der Waals surface area contributed by atoms with Crippen LogP contribution in [-0.4, -0.2) is 23.3 Å². The average Bonchev–Trinajstić information content (AvgIpc) is 2.27. The molecule has 3 nitrogen and oxygen atoms in total. The van der Waals surface area contributed by atoms with Gasteiger partial charge in [0.05, 0.1) is 18.1 Å². The lowest BCUT2D eigenvalue weighted by Crippen LogP contribution is -1.92. The van der Waals surface area contributed by atoms with Gasteiger partial charge in [-0.1, -0.05) is 11.6 Å². The molecule has 0 aliphatic carbocycles. The van der Waals surface area contributed by atoms with Crippen LogP contribution >= 0.6 is 23.4 Å². The zero-order valence-corrected chi connectivity index (χ0v) is 9.89. The van der Waals surface area contributed by atoms with E-state index in [0.717, 1.165) is 15.9 Å².